The van der Waals surface area contributed by atoms with E-state index < -0.39 is 9.84 Å². The molecule has 7 heteroatoms. The third-order valence-electron chi connectivity index (χ3n) is 6.03. The molecular weight excluding hydrogens is 458 g/mol. The van der Waals surface area contributed by atoms with E-state index in [4.69, 9.17) is 0 Å². The first-order valence-electron chi connectivity index (χ1n) is 11.2. The monoisotopic (exact) mass is 483 g/mol. The SMILES string of the molecule is CN(C)Cc1ccc(-c2ccc3ncc4ccc(=O)n(-c5ccc(S(C)(=O)=O)cc5)c4c3c2)cc1. The Hall–Kier alpha value is -3.81. The van der Waals surface area contributed by atoms with Crippen LogP contribution in [0.3, 0.4) is 0 Å². The zero-order chi connectivity index (χ0) is 24.7. The Labute approximate surface area is 204 Å². The Morgan fingerprint density at radius 2 is 1.54 bits per heavy atom. The maximum atomic E-state index is 13.1. The highest BCUT2D eigenvalue weighted by Gasteiger charge is 2.13. The lowest BCUT2D eigenvalue weighted by atomic mass is 10.0. The summed E-state index contributed by atoms with van der Waals surface area (Å²) in [6.07, 6.45) is 2.92. The van der Waals surface area contributed by atoms with Crippen LogP contribution >= 0.6 is 0 Å². The maximum absolute atomic E-state index is 13.1. The van der Waals surface area contributed by atoms with Gasteiger partial charge in [0.25, 0.3) is 5.56 Å². The van der Waals surface area contributed by atoms with Gasteiger partial charge in [-0.05, 0) is 73.3 Å². The molecule has 0 radical (unpaired) electrons. The molecule has 35 heavy (non-hydrogen) atoms. The fraction of sp³-hybridized carbons (Fsp3) is 0.143. The molecule has 0 aliphatic heterocycles. The summed E-state index contributed by atoms with van der Waals surface area (Å²) in [5.41, 5.74) is 5.25. The third kappa shape index (κ3) is 4.48. The number of fused-ring (bicyclic) bond motifs is 3. The molecule has 0 unspecified atom stereocenters. The molecular formula is C28H25N3O3S. The first-order valence-corrected chi connectivity index (χ1v) is 13.1. The Morgan fingerprint density at radius 3 is 2.20 bits per heavy atom. The molecule has 0 aliphatic rings. The van der Waals surface area contributed by atoms with Crippen LogP contribution in [-0.4, -0.2) is 43.2 Å². The van der Waals surface area contributed by atoms with E-state index in [0.717, 1.165) is 39.5 Å². The smallest absolute Gasteiger partial charge is 0.255 e. The van der Waals surface area contributed by atoms with Crippen LogP contribution in [0.4, 0.5) is 0 Å². The normalized spacial score (nSPS) is 12.0. The van der Waals surface area contributed by atoms with E-state index in [2.05, 4.69) is 40.2 Å². The minimum atomic E-state index is -3.34. The molecule has 0 fully saturated rings. The average Bonchev–Trinajstić information content (AvgIpc) is 2.83. The molecule has 3 aromatic carbocycles. The number of hydrogen-bond acceptors (Lipinski definition) is 5. The highest BCUT2D eigenvalue weighted by Crippen LogP contribution is 2.30. The van der Waals surface area contributed by atoms with Crippen molar-refractivity contribution in [2.75, 3.05) is 20.4 Å². The Kier molecular flexibility index (Phi) is 5.75. The van der Waals surface area contributed by atoms with Gasteiger partial charge in [-0.3, -0.25) is 14.3 Å². The zero-order valence-corrected chi connectivity index (χ0v) is 20.6. The molecule has 0 amide bonds. The van der Waals surface area contributed by atoms with Crippen LogP contribution in [0.15, 0.2) is 94.7 Å². The van der Waals surface area contributed by atoms with E-state index in [0.29, 0.717) is 5.69 Å². The van der Waals surface area contributed by atoms with Crippen molar-refractivity contribution >= 4 is 31.6 Å². The molecule has 0 atom stereocenters. The number of nitrogens with zero attached hydrogens (tertiary/aromatic N) is 3. The van der Waals surface area contributed by atoms with Crippen molar-refractivity contribution in [2.45, 2.75) is 11.4 Å². The third-order valence-corrected chi connectivity index (χ3v) is 7.15. The van der Waals surface area contributed by atoms with Crippen LogP contribution < -0.4 is 5.56 Å². The lowest BCUT2D eigenvalue weighted by Crippen LogP contribution is -2.17. The topological polar surface area (TPSA) is 72.3 Å². The molecule has 2 heterocycles. The Bertz CT molecular complexity index is 1720. The van der Waals surface area contributed by atoms with Crippen LogP contribution in [0.5, 0.6) is 0 Å². The van der Waals surface area contributed by atoms with E-state index in [1.807, 2.05) is 26.2 Å². The molecule has 6 nitrogen and oxygen atoms in total. The van der Waals surface area contributed by atoms with Crippen molar-refractivity contribution in [2.24, 2.45) is 0 Å². The molecule has 176 valence electrons. The van der Waals surface area contributed by atoms with E-state index in [1.165, 1.54) is 30.0 Å². The largest absolute Gasteiger partial charge is 0.305 e. The van der Waals surface area contributed by atoms with Gasteiger partial charge in [-0.25, -0.2) is 8.42 Å². The molecule has 0 saturated heterocycles. The van der Waals surface area contributed by atoms with Gasteiger partial charge in [0, 0.05) is 41.5 Å². The van der Waals surface area contributed by atoms with Gasteiger partial charge in [0.2, 0.25) is 0 Å². The maximum Gasteiger partial charge on any atom is 0.255 e. The van der Waals surface area contributed by atoms with Crippen LogP contribution in [0.25, 0.3) is 38.6 Å². The van der Waals surface area contributed by atoms with Crippen molar-refractivity contribution in [1.29, 1.82) is 0 Å². The van der Waals surface area contributed by atoms with E-state index >= 15 is 0 Å². The summed E-state index contributed by atoms with van der Waals surface area (Å²) in [4.78, 5) is 20.0. The summed E-state index contributed by atoms with van der Waals surface area (Å²) >= 11 is 0. The van der Waals surface area contributed by atoms with Crippen molar-refractivity contribution in [3.63, 3.8) is 0 Å². The van der Waals surface area contributed by atoms with Crippen molar-refractivity contribution < 1.29 is 8.42 Å². The zero-order valence-electron chi connectivity index (χ0n) is 19.8. The molecule has 5 rings (SSSR count). The number of aromatic nitrogens is 2. The van der Waals surface area contributed by atoms with Gasteiger partial charge in [-0.1, -0.05) is 30.3 Å². The summed E-state index contributed by atoms with van der Waals surface area (Å²) in [5.74, 6) is 0. The van der Waals surface area contributed by atoms with Crippen LogP contribution in [0.1, 0.15) is 5.56 Å². The molecule has 2 aromatic heterocycles. The number of rotatable bonds is 5. The lowest BCUT2D eigenvalue weighted by molar-refractivity contribution is 0.402. The fourth-order valence-corrected chi connectivity index (χ4v) is 4.99. The minimum absolute atomic E-state index is 0.199. The summed E-state index contributed by atoms with van der Waals surface area (Å²) in [6.45, 7) is 0.872. The summed E-state index contributed by atoms with van der Waals surface area (Å²) in [5, 5.41) is 1.67. The van der Waals surface area contributed by atoms with Crippen molar-refractivity contribution in [3.8, 4) is 16.8 Å². The molecule has 0 bridgehead atoms. The molecule has 0 spiro atoms. The van der Waals surface area contributed by atoms with Gasteiger partial charge in [0.05, 0.1) is 15.9 Å². The van der Waals surface area contributed by atoms with Gasteiger partial charge < -0.3 is 4.90 Å². The number of sulfone groups is 1. The predicted octanol–water partition coefficient (Wildman–Crippen LogP) is 4.67. The molecule has 0 N–H and O–H groups in total. The lowest BCUT2D eigenvalue weighted by Gasteiger charge is -2.14. The van der Waals surface area contributed by atoms with Gasteiger partial charge >= 0.3 is 0 Å². The molecule has 5 aromatic rings. The first kappa shape index (κ1) is 23.0. The van der Waals surface area contributed by atoms with Gasteiger partial charge in [0.1, 0.15) is 0 Å². The highest BCUT2D eigenvalue weighted by atomic mass is 32.2. The van der Waals surface area contributed by atoms with Gasteiger partial charge in [-0.2, -0.15) is 0 Å². The van der Waals surface area contributed by atoms with E-state index in [1.54, 1.807) is 29.0 Å². The standard InChI is InChI=1S/C28H25N3O3S/c1-30(2)18-19-4-6-20(7-5-19)21-8-14-26-25(16-21)28-22(17-29-26)9-15-27(32)31(28)23-10-12-24(13-11-23)35(3,33)34/h4-17H,18H2,1-3H3. The van der Waals surface area contributed by atoms with Crippen LogP contribution in [0, 0.1) is 0 Å². The molecule has 0 aliphatic carbocycles. The second-order valence-corrected chi connectivity index (χ2v) is 11.0. The number of pyridine rings is 2. The van der Waals surface area contributed by atoms with Crippen molar-refractivity contribution in [3.05, 3.63) is 101 Å². The quantitative estimate of drug-likeness (QED) is 0.340. The Balaban J connectivity index is 1.71. The fourth-order valence-electron chi connectivity index (χ4n) is 4.36. The van der Waals surface area contributed by atoms with Crippen LogP contribution in [0.2, 0.25) is 0 Å². The average molecular weight is 484 g/mol. The summed E-state index contributed by atoms with van der Waals surface area (Å²) < 4.78 is 25.4. The van der Waals surface area contributed by atoms with Crippen LogP contribution in [-0.2, 0) is 16.4 Å². The summed E-state index contributed by atoms with van der Waals surface area (Å²) in [6, 6.07) is 24.2. The number of hydrogen-bond donors (Lipinski definition) is 0. The second kappa shape index (κ2) is 8.76. The second-order valence-electron chi connectivity index (χ2n) is 9.00. The summed E-state index contributed by atoms with van der Waals surface area (Å²) in [7, 11) is 0.755. The Morgan fingerprint density at radius 1 is 0.857 bits per heavy atom. The van der Waals surface area contributed by atoms with Gasteiger partial charge in [0.15, 0.2) is 9.84 Å². The molecule has 0 saturated carbocycles. The van der Waals surface area contributed by atoms with Gasteiger partial charge in [-0.15, -0.1) is 0 Å². The van der Waals surface area contributed by atoms with E-state index in [9.17, 15) is 13.2 Å². The van der Waals surface area contributed by atoms with Crippen molar-refractivity contribution in [1.82, 2.24) is 14.5 Å². The van der Waals surface area contributed by atoms with E-state index in [-0.39, 0.29) is 10.5 Å². The number of benzene rings is 3. The predicted molar refractivity (Wildman–Crippen MR) is 141 cm³/mol. The first-order chi connectivity index (χ1) is 16.7. The minimum Gasteiger partial charge on any atom is -0.305 e. The highest BCUT2D eigenvalue weighted by molar-refractivity contribution is 7.90.